The monoisotopic (exact) mass is 189 g/mol. The third-order valence-electron chi connectivity index (χ3n) is 2.34. The molecule has 2 nitrogen and oxygen atoms in total. The Balaban J connectivity index is 3.05. The van der Waals surface area contributed by atoms with Gasteiger partial charge in [-0.2, -0.15) is 0 Å². The van der Waals surface area contributed by atoms with E-state index in [2.05, 4.69) is 5.32 Å². The summed E-state index contributed by atoms with van der Waals surface area (Å²) in [7, 11) is 1.64. The van der Waals surface area contributed by atoms with E-state index in [1.54, 1.807) is 7.05 Å². The summed E-state index contributed by atoms with van der Waals surface area (Å²) >= 11 is 0. The van der Waals surface area contributed by atoms with Gasteiger partial charge in [-0.3, -0.25) is 4.79 Å². The van der Waals surface area contributed by atoms with Crippen molar-refractivity contribution >= 4 is 11.5 Å². The van der Waals surface area contributed by atoms with Crippen LogP contribution in [0.25, 0.3) is 5.57 Å². The molecule has 1 amide bonds. The highest BCUT2D eigenvalue weighted by Gasteiger charge is 2.06. The first-order valence-electron chi connectivity index (χ1n) is 4.61. The predicted molar refractivity (Wildman–Crippen MR) is 58.8 cm³/mol. The molecule has 1 aromatic rings. The van der Waals surface area contributed by atoms with Gasteiger partial charge in [-0.1, -0.05) is 30.3 Å². The number of benzene rings is 1. The molecule has 0 aromatic heterocycles. The molecule has 0 saturated heterocycles. The van der Waals surface area contributed by atoms with Gasteiger partial charge in [0.05, 0.1) is 0 Å². The van der Waals surface area contributed by atoms with Crippen LogP contribution in [0.1, 0.15) is 19.4 Å². The summed E-state index contributed by atoms with van der Waals surface area (Å²) in [6.07, 6.45) is 0. The largest absolute Gasteiger partial charge is 0.355 e. The van der Waals surface area contributed by atoms with Crippen LogP contribution in [0.3, 0.4) is 0 Å². The maximum atomic E-state index is 11.4. The number of likely N-dealkylation sites (N-methyl/N-ethyl adjacent to an activating group) is 1. The van der Waals surface area contributed by atoms with Gasteiger partial charge in [0.1, 0.15) is 0 Å². The maximum absolute atomic E-state index is 11.4. The topological polar surface area (TPSA) is 29.1 Å². The lowest BCUT2D eigenvalue weighted by Gasteiger charge is -2.06. The zero-order valence-electron chi connectivity index (χ0n) is 8.79. The molecule has 1 rings (SSSR count). The summed E-state index contributed by atoms with van der Waals surface area (Å²) in [5.74, 6) is -0.0219. The quantitative estimate of drug-likeness (QED) is 0.710. The van der Waals surface area contributed by atoms with Crippen LogP contribution in [-0.2, 0) is 4.79 Å². The number of carbonyl (C=O) groups excluding carboxylic acids is 1. The van der Waals surface area contributed by atoms with E-state index in [1.165, 1.54) is 0 Å². The first-order chi connectivity index (χ1) is 6.66. The van der Waals surface area contributed by atoms with Crippen molar-refractivity contribution in [1.29, 1.82) is 0 Å². The Morgan fingerprint density at radius 1 is 1.14 bits per heavy atom. The summed E-state index contributed by atoms with van der Waals surface area (Å²) in [5.41, 5.74) is 2.87. The molecule has 0 fully saturated rings. The summed E-state index contributed by atoms with van der Waals surface area (Å²) in [4.78, 5) is 11.4. The zero-order chi connectivity index (χ0) is 10.6. The Labute approximate surface area is 84.6 Å². The van der Waals surface area contributed by atoms with Crippen LogP contribution in [0.5, 0.6) is 0 Å². The van der Waals surface area contributed by atoms with Crippen molar-refractivity contribution in [2.75, 3.05) is 7.05 Å². The van der Waals surface area contributed by atoms with Crippen LogP contribution in [0, 0.1) is 0 Å². The normalized spacial score (nSPS) is 11.9. The van der Waals surface area contributed by atoms with Crippen LogP contribution in [0.4, 0.5) is 0 Å². The molecular weight excluding hydrogens is 174 g/mol. The fourth-order valence-corrected chi connectivity index (χ4v) is 1.26. The molecule has 0 saturated carbocycles. The van der Waals surface area contributed by atoms with Gasteiger partial charge < -0.3 is 5.32 Å². The molecule has 74 valence electrons. The van der Waals surface area contributed by atoms with Gasteiger partial charge in [-0.25, -0.2) is 0 Å². The lowest BCUT2D eigenvalue weighted by atomic mass is 10.0. The molecule has 14 heavy (non-hydrogen) atoms. The molecule has 0 radical (unpaired) electrons. The molecule has 0 heterocycles. The first kappa shape index (κ1) is 10.5. The highest BCUT2D eigenvalue weighted by atomic mass is 16.1. The van der Waals surface area contributed by atoms with Crippen molar-refractivity contribution in [1.82, 2.24) is 5.32 Å². The molecule has 1 N–H and O–H groups in total. The van der Waals surface area contributed by atoms with E-state index in [9.17, 15) is 4.79 Å². The second kappa shape index (κ2) is 4.61. The van der Waals surface area contributed by atoms with E-state index in [4.69, 9.17) is 0 Å². The molecule has 0 aliphatic rings. The fraction of sp³-hybridized carbons (Fsp3) is 0.250. The smallest absolute Gasteiger partial charge is 0.246 e. The van der Waals surface area contributed by atoms with Crippen molar-refractivity contribution in [3.63, 3.8) is 0 Å². The van der Waals surface area contributed by atoms with Gasteiger partial charge in [-0.05, 0) is 25.0 Å². The Bertz CT molecular complexity index is 352. The summed E-state index contributed by atoms with van der Waals surface area (Å²) in [5, 5.41) is 2.62. The standard InChI is InChI=1S/C12H15NO/c1-9(10(2)12(14)13-3)11-7-5-4-6-8-11/h4-8H,1-3H3,(H,13,14)/b10-9+. The van der Waals surface area contributed by atoms with E-state index < -0.39 is 0 Å². The molecule has 0 atom stereocenters. The van der Waals surface area contributed by atoms with Gasteiger partial charge in [0.25, 0.3) is 0 Å². The van der Waals surface area contributed by atoms with Crippen LogP contribution in [-0.4, -0.2) is 13.0 Å². The first-order valence-corrected chi connectivity index (χ1v) is 4.61. The minimum atomic E-state index is -0.0219. The number of nitrogens with one attached hydrogen (secondary N) is 1. The number of carbonyl (C=O) groups is 1. The van der Waals surface area contributed by atoms with Crippen LogP contribution in [0.15, 0.2) is 35.9 Å². The van der Waals surface area contributed by atoms with E-state index in [0.29, 0.717) is 0 Å². The summed E-state index contributed by atoms with van der Waals surface area (Å²) < 4.78 is 0. The molecule has 0 spiro atoms. The van der Waals surface area contributed by atoms with Gasteiger partial charge >= 0.3 is 0 Å². The van der Waals surface area contributed by atoms with Gasteiger partial charge in [0, 0.05) is 12.6 Å². The Morgan fingerprint density at radius 2 is 1.71 bits per heavy atom. The fourth-order valence-electron chi connectivity index (χ4n) is 1.26. The maximum Gasteiger partial charge on any atom is 0.246 e. The molecule has 0 bridgehead atoms. The average molecular weight is 189 g/mol. The molecule has 2 heteroatoms. The minimum absolute atomic E-state index is 0.0219. The molecule has 1 aromatic carbocycles. The molecule has 0 aliphatic heterocycles. The number of allylic oxidation sites excluding steroid dienone is 1. The van der Waals surface area contributed by atoms with Crippen molar-refractivity contribution in [2.24, 2.45) is 0 Å². The number of amides is 1. The third kappa shape index (κ3) is 2.22. The van der Waals surface area contributed by atoms with Gasteiger partial charge in [-0.15, -0.1) is 0 Å². The average Bonchev–Trinajstić information content (AvgIpc) is 2.27. The van der Waals surface area contributed by atoms with E-state index in [-0.39, 0.29) is 5.91 Å². The highest BCUT2D eigenvalue weighted by molar-refractivity contribution is 6.00. The minimum Gasteiger partial charge on any atom is -0.355 e. The summed E-state index contributed by atoms with van der Waals surface area (Å²) in [6.45, 7) is 3.79. The zero-order valence-corrected chi connectivity index (χ0v) is 8.79. The van der Waals surface area contributed by atoms with E-state index in [1.807, 2.05) is 44.2 Å². The van der Waals surface area contributed by atoms with E-state index >= 15 is 0 Å². The third-order valence-corrected chi connectivity index (χ3v) is 2.34. The Kier molecular flexibility index (Phi) is 3.46. The summed E-state index contributed by atoms with van der Waals surface area (Å²) in [6, 6.07) is 9.90. The second-order valence-electron chi connectivity index (χ2n) is 3.20. The number of hydrogen-bond donors (Lipinski definition) is 1. The van der Waals surface area contributed by atoms with E-state index in [0.717, 1.165) is 16.7 Å². The Morgan fingerprint density at radius 3 is 2.21 bits per heavy atom. The number of hydrogen-bond acceptors (Lipinski definition) is 1. The van der Waals surface area contributed by atoms with Gasteiger partial charge in [0.15, 0.2) is 0 Å². The molecule has 0 unspecified atom stereocenters. The van der Waals surface area contributed by atoms with Crippen molar-refractivity contribution in [3.8, 4) is 0 Å². The molecular formula is C12H15NO. The lowest BCUT2D eigenvalue weighted by molar-refractivity contribution is -0.116. The molecule has 0 aliphatic carbocycles. The second-order valence-corrected chi connectivity index (χ2v) is 3.20. The van der Waals surface area contributed by atoms with Crippen molar-refractivity contribution in [3.05, 3.63) is 41.5 Å². The van der Waals surface area contributed by atoms with Crippen molar-refractivity contribution in [2.45, 2.75) is 13.8 Å². The van der Waals surface area contributed by atoms with Gasteiger partial charge in [0.2, 0.25) is 5.91 Å². The Hall–Kier alpha value is -1.57. The lowest BCUT2D eigenvalue weighted by Crippen LogP contribution is -2.19. The van der Waals surface area contributed by atoms with Crippen LogP contribution in [0.2, 0.25) is 0 Å². The highest BCUT2D eigenvalue weighted by Crippen LogP contribution is 2.17. The number of rotatable bonds is 2. The predicted octanol–water partition coefficient (Wildman–Crippen LogP) is 2.23. The van der Waals surface area contributed by atoms with Crippen LogP contribution >= 0.6 is 0 Å². The van der Waals surface area contributed by atoms with Crippen LogP contribution < -0.4 is 5.32 Å². The SMILES string of the molecule is CNC(=O)/C(C)=C(\C)c1ccccc1. The van der Waals surface area contributed by atoms with Crippen molar-refractivity contribution < 1.29 is 4.79 Å².